The Morgan fingerprint density at radius 1 is 1.25 bits per heavy atom. The van der Waals surface area contributed by atoms with Gasteiger partial charge in [0.15, 0.2) is 0 Å². The van der Waals surface area contributed by atoms with Crippen molar-refractivity contribution in [3.8, 4) is 0 Å². The molecule has 0 radical (unpaired) electrons. The first-order chi connectivity index (χ1) is 7.81. The maximum atomic E-state index is 12.2. The lowest BCUT2D eigenvalue weighted by atomic mass is 9.82. The topological polar surface area (TPSA) is 38.3 Å². The van der Waals surface area contributed by atoms with E-state index in [-0.39, 0.29) is 12.0 Å². The van der Waals surface area contributed by atoms with Crippen molar-refractivity contribution in [1.82, 2.24) is 5.32 Å². The van der Waals surface area contributed by atoms with Crippen molar-refractivity contribution in [2.24, 2.45) is 11.8 Å². The molecule has 16 heavy (non-hydrogen) atoms. The third-order valence-corrected chi connectivity index (χ3v) is 4.08. The Balaban J connectivity index is 1.82. The van der Waals surface area contributed by atoms with Gasteiger partial charge in [-0.3, -0.25) is 4.79 Å². The zero-order valence-corrected chi connectivity index (χ0v) is 10.2. The van der Waals surface area contributed by atoms with Gasteiger partial charge in [-0.15, -0.1) is 0 Å². The molecule has 2 aliphatic rings. The minimum Gasteiger partial charge on any atom is -0.379 e. The van der Waals surface area contributed by atoms with Gasteiger partial charge in [0, 0.05) is 12.5 Å². The smallest absolute Gasteiger partial charge is 0.140 e. The molecular formula is C13H23NO2. The molecule has 1 aliphatic carbocycles. The van der Waals surface area contributed by atoms with E-state index in [9.17, 15) is 4.79 Å². The molecule has 1 saturated carbocycles. The Hall–Kier alpha value is -0.410. The number of rotatable bonds is 4. The van der Waals surface area contributed by atoms with Crippen LogP contribution >= 0.6 is 0 Å². The summed E-state index contributed by atoms with van der Waals surface area (Å²) in [4.78, 5) is 12.2. The molecule has 0 bridgehead atoms. The maximum Gasteiger partial charge on any atom is 0.140 e. The Morgan fingerprint density at radius 3 is 2.69 bits per heavy atom. The molecule has 0 spiro atoms. The largest absolute Gasteiger partial charge is 0.379 e. The van der Waals surface area contributed by atoms with Crippen LogP contribution in [0.15, 0.2) is 0 Å². The summed E-state index contributed by atoms with van der Waals surface area (Å²) in [5, 5.41) is 3.19. The molecule has 0 amide bonds. The van der Waals surface area contributed by atoms with E-state index in [2.05, 4.69) is 5.32 Å². The fourth-order valence-electron chi connectivity index (χ4n) is 2.98. The molecule has 1 N–H and O–H groups in total. The van der Waals surface area contributed by atoms with Crippen molar-refractivity contribution in [2.45, 2.75) is 44.6 Å². The van der Waals surface area contributed by atoms with E-state index in [0.29, 0.717) is 24.9 Å². The summed E-state index contributed by atoms with van der Waals surface area (Å²) in [6.07, 6.45) is 7.28. The highest BCUT2D eigenvalue weighted by molar-refractivity contribution is 5.82. The zero-order valence-electron chi connectivity index (χ0n) is 10.2. The first kappa shape index (κ1) is 12.1. The zero-order chi connectivity index (χ0) is 11.4. The molecule has 3 heteroatoms. The van der Waals surface area contributed by atoms with E-state index >= 15 is 0 Å². The van der Waals surface area contributed by atoms with Gasteiger partial charge >= 0.3 is 0 Å². The second-order valence-corrected chi connectivity index (χ2v) is 5.21. The van der Waals surface area contributed by atoms with E-state index in [0.717, 1.165) is 6.42 Å². The third kappa shape index (κ3) is 2.83. The van der Waals surface area contributed by atoms with Crippen molar-refractivity contribution in [2.75, 3.05) is 20.3 Å². The fourth-order valence-corrected chi connectivity index (χ4v) is 2.98. The second-order valence-electron chi connectivity index (χ2n) is 5.21. The predicted octanol–water partition coefficient (Wildman–Crippen LogP) is 1.76. The van der Waals surface area contributed by atoms with Gasteiger partial charge in [0.05, 0.1) is 19.1 Å². The monoisotopic (exact) mass is 225 g/mol. The van der Waals surface area contributed by atoms with Crippen molar-refractivity contribution in [1.29, 1.82) is 0 Å². The summed E-state index contributed by atoms with van der Waals surface area (Å²) in [5.41, 5.74) is 0. The number of nitrogens with one attached hydrogen (secondary N) is 1. The quantitative estimate of drug-likeness (QED) is 0.792. The van der Waals surface area contributed by atoms with Crippen LogP contribution in [-0.2, 0) is 9.53 Å². The minimum absolute atomic E-state index is 0.104. The van der Waals surface area contributed by atoms with Gasteiger partial charge < -0.3 is 10.1 Å². The van der Waals surface area contributed by atoms with Crippen molar-refractivity contribution in [3.63, 3.8) is 0 Å². The number of ketones is 1. The second kappa shape index (κ2) is 5.78. The summed E-state index contributed by atoms with van der Waals surface area (Å²) in [7, 11) is 1.92. The van der Waals surface area contributed by atoms with Crippen LogP contribution in [0.3, 0.4) is 0 Å². The molecule has 1 aliphatic heterocycles. The van der Waals surface area contributed by atoms with Crippen LogP contribution in [0.25, 0.3) is 0 Å². The molecule has 2 unspecified atom stereocenters. The van der Waals surface area contributed by atoms with Crippen molar-refractivity contribution < 1.29 is 9.53 Å². The molecular weight excluding hydrogens is 202 g/mol. The van der Waals surface area contributed by atoms with Crippen LogP contribution in [0.2, 0.25) is 0 Å². The van der Waals surface area contributed by atoms with E-state index in [1.807, 2.05) is 7.05 Å². The summed E-state index contributed by atoms with van der Waals surface area (Å²) in [6.45, 7) is 1.31. The van der Waals surface area contributed by atoms with Gasteiger partial charge in [-0.1, -0.05) is 32.1 Å². The lowest BCUT2D eigenvalue weighted by Gasteiger charge is -2.23. The first-order valence-electron chi connectivity index (χ1n) is 6.59. The van der Waals surface area contributed by atoms with Gasteiger partial charge in [0.25, 0.3) is 0 Å². The van der Waals surface area contributed by atoms with E-state index < -0.39 is 0 Å². The molecule has 2 atom stereocenters. The Morgan fingerprint density at radius 2 is 2.00 bits per heavy atom. The summed E-state index contributed by atoms with van der Waals surface area (Å²) >= 11 is 0. The minimum atomic E-state index is 0.104. The lowest BCUT2D eigenvalue weighted by Crippen LogP contribution is -2.37. The molecule has 0 aromatic carbocycles. The van der Waals surface area contributed by atoms with Crippen LogP contribution in [0.5, 0.6) is 0 Å². The van der Waals surface area contributed by atoms with Crippen molar-refractivity contribution in [3.05, 3.63) is 0 Å². The van der Waals surface area contributed by atoms with Crippen molar-refractivity contribution >= 4 is 5.78 Å². The van der Waals surface area contributed by atoms with E-state index in [4.69, 9.17) is 4.74 Å². The number of likely N-dealkylation sites (N-methyl/N-ethyl adjacent to an activating group) is 1. The van der Waals surface area contributed by atoms with Crippen LogP contribution < -0.4 is 5.32 Å². The van der Waals surface area contributed by atoms with Gasteiger partial charge in [-0.05, 0) is 13.0 Å². The Kier molecular flexibility index (Phi) is 4.36. The highest BCUT2D eigenvalue weighted by Crippen LogP contribution is 2.28. The van der Waals surface area contributed by atoms with E-state index in [1.165, 1.54) is 32.1 Å². The van der Waals surface area contributed by atoms with Crippen LogP contribution in [0.4, 0.5) is 0 Å². The lowest BCUT2D eigenvalue weighted by molar-refractivity contribution is -0.124. The highest BCUT2D eigenvalue weighted by Gasteiger charge is 2.33. The SMILES string of the molecule is CNC1COCC1C(=O)CC1CCCCC1. The van der Waals surface area contributed by atoms with Gasteiger partial charge in [0.2, 0.25) is 0 Å². The Bertz CT molecular complexity index is 236. The summed E-state index contributed by atoms with van der Waals surface area (Å²) < 4.78 is 5.39. The third-order valence-electron chi connectivity index (χ3n) is 4.08. The summed E-state index contributed by atoms with van der Waals surface area (Å²) in [6, 6.07) is 0.246. The molecule has 3 nitrogen and oxygen atoms in total. The van der Waals surface area contributed by atoms with Gasteiger partial charge in [0.1, 0.15) is 5.78 Å². The van der Waals surface area contributed by atoms with Gasteiger partial charge in [-0.2, -0.15) is 0 Å². The molecule has 1 saturated heterocycles. The fraction of sp³-hybridized carbons (Fsp3) is 0.923. The number of Topliss-reactive ketones (excluding diaryl/α,β-unsaturated/α-hetero) is 1. The number of hydrogen-bond acceptors (Lipinski definition) is 3. The van der Waals surface area contributed by atoms with Crippen LogP contribution in [0.1, 0.15) is 38.5 Å². The molecule has 0 aromatic heterocycles. The predicted molar refractivity (Wildman–Crippen MR) is 63.4 cm³/mol. The van der Waals surface area contributed by atoms with Gasteiger partial charge in [-0.25, -0.2) is 0 Å². The number of carbonyl (C=O) groups is 1. The molecule has 92 valence electrons. The maximum absolute atomic E-state index is 12.2. The number of carbonyl (C=O) groups excluding carboxylic acids is 1. The highest BCUT2D eigenvalue weighted by atomic mass is 16.5. The number of hydrogen-bond donors (Lipinski definition) is 1. The molecule has 2 rings (SSSR count). The van der Waals surface area contributed by atoms with E-state index in [1.54, 1.807) is 0 Å². The molecule has 2 fully saturated rings. The normalized spacial score (nSPS) is 31.8. The molecule has 1 heterocycles. The van der Waals surface area contributed by atoms with Crippen LogP contribution in [0, 0.1) is 11.8 Å². The average Bonchev–Trinajstić information content (AvgIpc) is 2.78. The Labute approximate surface area is 97.9 Å². The van der Waals surface area contributed by atoms with Crippen LogP contribution in [-0.4, -0.2) is 32.1 Å². The molecule has 0 aromatic rings. The summed E-state index contributed by atoms with van der Waals surface area (Å²) in [5.74, 6) is 1.18. The first-order valence-corrected chi connectivity index (χ1v) is 6.59. The standard InChI is InChI=1S/C13H23NO2/c1-14-12-9-16-8-11(12)13(15)7-10-5-3-2-4-6-10/h10-12,14H,2-9H2,1H3. The average molecular weight is 225 g/mol. The number of ether oxygens (including phenoxy) is 1.